The Balaban J connectivity index is 1.72. The van der Waals surface area contributed by atoms with E-state index in [4.69, 9.17) is 16.3 Å². The monoisotopic (exact) mass is 369 g/mol. The average Bonchev–Trinajstić information content (AvgIpc) is 3.02. The summed E-state index contributed by atoms with van der Waals surface area (Å²) in [6, 6.07) is 10.7. The van der Waals surface area contributed by atoms with E-state index in [1.54, 1.807) is 36.2 Å². The molecule has 8 heteroatoms. The zero-order valence-electron chi connectivity index (χ0n) is 14.3. The predicted molar refractivity (Wildman–Crippen MR) is 97.1 cm³/mol. The molecule has 1 aromatic carbocycles. The summed E-state index contributed by atoms with van der Waals surface area (Å²) in [5, 5.41) is 9.33. The molecule has 3 aromatic rings. The van der Waals surface area contributed by atoms with E-state index in [0.29, 0.717) is 34.5 Å². The number of pyridine rings is 1. The quantitative estimate of drug-likeness (QED) is 0.694. The molecule has 7 nitrogen and oxygen atoms in total. The van der Waals surface area contributed by atoms with Gasteiger partial charge in [-0.1, -0.05) is 17.7 Å². The number of aromatic nitrogens is 4. The Labute approximate surface area is 155 Å². The van der Waals surface area contributed by atoms with Gasteiger partial charge in [-0.2, -0.15) is 9.90 Å². The summed E-state index contributed by atoms with van der Waals surface area (Å²) in [7, 11) is 0. The summed E-state index contributed by atoms with van der Waals surface area (Å²) in [5.41, 5.74) is 2.15. The third-order valence-electron chi connectivity index (χ3n) is 4.06. The van der Waals surface area contributed by atoms with E-state index in [2.05, 4.69) is 15.2 Å². The molecule has 0 radical (unpaired) electrons. The number of anilines is 1. The first kappa shape index (κ1) is 16.5. The molecule has 1 aliphatic heterocycles. The average molecular weight is 370 g/mol. The van der Waals surface area contributed by atoms with Crippen molar-refractivity contribution in [1.82, 2.24) is 20.0 Å². The fourth-order valence-corrected chi connectivity index (χ4v) is 3.06. The van der Waals surface area contributed by atoms with Crippen LogP contribution in [0.4, 0.5) is 5.69 Å². The second-order valence-electron chi connectivity index (χ2n) is 6.08. The molecule has 2 aromatic heterocycles. The molecule has 4 rings (SSSR count). The molecule has 0 unspecified atom stereocenters. The van der Waals surface area contributed by atoms with Gasteiger partial charge in [-0.3, -0.25) is 9.69 Å². The first-order valence-electron chi connectivity index (χ1n) is 8.16. The third kappa shape index (κ3) is 2.90. The standard InChI is InChI=1S/C18H16ClN5O2/c1-11-10-23(15-7-4-8-20-17(15)26-11)18(25)16-12(2)21-24(22-16)14-6-3-5-13(19)9-14/h3-9,11H,10H2,1-2H3/t11-/m1/s1. The van der Waals surface area contributed by atoms with Crippen molar-refractivity contribution in [3.05, 3.63) is 59.0 Å². The number of hydrogen-bond donors (Lipinski definition) is 0. The smallest absolute Gasteiger partial charge is 0.281 e. The van der Waals surface area contributed by atoms with E-state index < -0.39 is 0 Å². The Morgan fingerprint density at radius 3 is 2.92 bits per heavy atom. The van der Waals surface area contributed by atoms with Gasteiger partial charge in [-0.25, -0.2) is 4.98 Å². The van der Waals surface area contributed by atoms with Crippen LogP contribution in [0.3, 0.4) is 0 Å². The molecule has 3 heterocycles. The van der Waals surface area contributed by atoms with Crippen LogP contribution in [0, 0.1) is 6.92 Å². The molecule has 1 aliphatic rings. The SMILES string of the molecule is Cc1nn(-c2cccc(Cl)c2)nc1C(=O)N1C[C@@H](C)Oc2ncccc21. The van der Waals surface area contributed by atoms with Crippen LogP contribution in [0.1, 0.15) is 23.1 Å². The summed E-state index contributed by atoms with van der Waals surface area (Å²) in [5.74, 6) is 0.208. The molecule has 1 amide bonds. The number of benzene rings is 1. The lowest BCUT2D eigenvalue weighted by Crippen LogP contribution is -2.43. The van der Waals surface area contributed by atoms with Crippen LogP contribution in [-0.2, 0) is 0 Å². The molecule has 0 bridgehead atoms. The number of amides is 1. The normalized spacial score (nSPS) is 16.1. The van der Waals surface area contributed by atoms with Gasteiger partial charge in [0.05, 0.1) is 17.9 Å². The van der Waals surface area contributed by atoms with Crippen molar-refractivity contribution in [3.8, 4) is 11.6 Å². The topological polar surface area (TPSA) is 73.1 Å². The van der Waals surface area contributed by atoms with Crippen LogP contribution >= 0.6 is 11.6 Å². The van der Waals surface area contributed by atoms with Gasteiger partial charge in [0.15, 0.2) is 5.69 Å². The zero-order valence-corrected chi connectivity index (χ0v) is 15.0. The summed E-state index contributed by atoms with van der Waals surface area (Å²) in [4.78, 5) is 20.4. The lowest BCUT2D eigenvalue weighted by Gasteiger charge is -2.31. The van der Waals surface area contributed by atoms with Crippen LogP contribution in [0.5, 0.6) is 5.88 Å². The number of fused-ring (bicyclic) bond motifs is 1. The highest BCUT2D eigenvalue weighted by Gasteiger charge is 2.31. The van der Waals surface area contributed by atoms with Crippen molar-refractivity contribution in [2.24, 2.45) is 0 Å². The van der Waals surface area contributed by atoms with Crippen LogP contribution in [-0.4, -0.2) is 38.5 Å². The predicted octanol–water partition coefficient (Wildman–Crippen LogP) is 3.05. The molecular formula is C18H16ClN5O2. The highest BCUT2D eigenvalue weighted by Crippen LogP contribution is 2.32. The van der Waals surface area contributed by atoms with Gasteiger partial charge in [0.25, 0.3) is 5.91 Å². The lowest BCUT2D eigenvalue weighted by atomic mass is 10.2. The summed E-state index contributed by atoms with van der Waals surface area (Å²) in [6.45, 7) is 4.07. The molecule has 0 spiro atoms. The Morgan fingerprint density at radius 2 is 2.12 bits per heavy atom. The Kier molecular flexibility index (Phi) is 4.08. The molecule has 0 saturated heterocycles. The van der Waals surface area contributed by atoms with E-state index in [9.17, 15) is 4.79 Å². The van der Waals surface area contributed by atoms with Crippen molar-refractivity contribution >= 4 is 23.2 Å². The molecule has 0 aliphatic carbocycles. The maximum absolute atomic E-state index is 13.1. The first-order chi connectivity index (χ1) is 12.5. The highest BCUT2D eigenvalue weighted by molar-refractivity contribution is 6.30. The second-order valence-corrected chi connectivity index (χ2v) is 6.51. The van der Waals surface area contributed by atoms with Crippen molar-refractivity contribution < 1.29 is 9.53 Å². The fourth-order valence-electron chi connectivity index (χ4n) is 2.87. The van der Waals surface area contributed by atoms with Crippen molar-refractivity contribution in [2.75, 3.05) is 11.4 Å². The molecule has 1 atom stereocenters. The number of aryl methyl sites for hydroxylation is 1. The first-order valence-corrected chi connectivity index (χ1v) is 8.54. The van der Waals surface area contributed by atoms with Crippen molar-refractivity contribution in [3.63, 3.8) is 0 Å². The minimum absolute atomic E-state index is 0.162. The number of carbonyl (C=O) groups excluding carboxylic acids is 1. The molecule has 0 N–H and O–H groups in total. The largest absolute Gasteiger partial charge is 0.471 e. The van der Waals surface area contributed by atoms with E-state index >= 15 is 0 Å². The molecule has 0 saturated carbocycles. The Bertz CT molecular complexity index is 987. The summed E-state index contributed by atoms with van der Waals surface area (Å²) < 4.78 is 5.71. The van der Waals surface area contributed by atoms with Crippen LogP contribution in [0.2, 0.25) is 5.02 Å². The number of carbonyl (C=O) groups is 1. The van der Waals surface area contributed by atoms with Crippen LogP contribution in [0.25, 0.3) is 5.69 Å². The van der Waals surface area contributed by atoms with Crippen molar-refractivity contribution in [1.29, 1.82) is 0 Å². The minimum Gasteiger partial charge on any atom is -0.471 e. The van der Waals surface area contributed by atoms with Crippen LogP contribution in [0.15, 0.2) is 42.6 Å². The molecular weight excluding hydrogens is 354 g/mol. The van der Waals surface area contributed by atoms with Crippen LogP contribution < -0.4 is 9.64 Å². The third-order valence-corrected chi connectivity index (χ3v) is 4.30. The Hall–Kier alpha value is -2.93. The van der Waals surface area contributed by atoms with E-state index in [0.717, 1.165) is 0 Å². The van der Waals surface area contributed by atoms with Gasteiger partial charge in [0, 0.05) is 11.2 Å². The number of nitrogens with zero attached hydrogens (tertiary/aromatic N) is 5. The minimum atomic E-state index is -0.236. The van der Waals surface area contributed by atoms with Gasteiger partial charge in [0.1, 0.15) is 11.8 Å². The second kappa shape index (κ2) is 6.42. The number of halogens is 1. The Morgan fingerprint density at radius 1 is 1.27 bits per heavy atom. The van der Waals surface area contributed by atoms with E-state index in [1.165, 1.54) is 4.80 Å². The van der Waals surface area contributed by atoms with E-state index in [-0.39, 0.29) is 17.7 Å². The van der Waals surface area contributed by atoms with E-state index in [1.807, 2.05) is 25.1 Å². The maximum Gasteiger partial charge on any atom is 0.281 e. The lowest BCUT2D eigenvalue weighted by molar-refractivity contribution is 0.0953. The highest BCUT2D eigenvalue weighted by atomic mass is 35.5. The zero-order chi connectivity index (χ0) is 18.3. The van der Waals surface area contributed by atoms with Gasteiger partial charge < -0.3 is 4.74 Å². The van der Waals surface area contributed by atoms with Gasteiger partial charge >= 0.3 is 0 Å². The fraction of sp³-hybridized carbons (Fsp3) is 0.222. The molecule has 0 fully saturated rings. The maximum atomic E-state index is 13.1. The number of rotatable bonds is 2. The summed E-state index contributed by atoms with van der Waals surface area (Å²) in [6.07, 6.45) is 1.48. The molecule has 26 heavy (non-hydrogen) atoms. The van der Waals surface area contributed by atoms with Crippen molar-refractivity contribution in [2.45, 2.75) is 20.0 Å². The number of ether oxygens (including phenoxy) is 1. The summed E-state index contributed by atoms with van der Waals surface area (Å²) >= 11 is 6.03. The number of hydrogen-bond acceptors (Lipinski definition) is 5. The van der Waals surface area contributed by atoms with Gasteiger partial charge in [-0.15, -0.1) is 5.10 Å². The molecule has 132 valence electrons. The van der Waals surface area contributed by atoms with Gasteiger partial charge in [0.2, 0.25) is 5.88 Å². The van der Waals surface area contributed by atoms with Gasteiger partial charge in [-0.05, 0) is 44.2 Å².